The SMILES string of the molecule is O=C1C=C(CO)COc2ccc(CO)cc21. The van der Waals surface area contributed by atoms with Gasteiger partial charge in [-0.2, -0.15) is 0 Å². The van der Waals surface area contributed by atoms with E-state index in [9.17, 15) is 4.79 Å². The summed E-state index contributed by atoms with van der Waals surface area (Å²) in [6.45, 7) is -0.0859. The summed E-state index contributed by atoms with van der Waals surface area (Å²) in [4.78, 5) is 11.8. The van der Waals surface area contributed by atoms with Gasteiger partial charge in [0.05, 0.1) is 18.8 Å². The lowest BCUT2D eigenvalue weighted by Gasteiger charge is -2.07. The minimum Gasteiger partial charge on any atom is -0.488 e. The third-order valence-electron chi connectivity index (χ3n) is 2.44. The zero-order valence-electron chi connectivity index (χ0n) is 8.64. The number of hydrogen-bond acceptors (Lipinski definition) is 4. The van der Waals surface area contributed by atoms with Crippen LogP contribution >= 0.6 is 0 Å². The standard InChI is InChI=1S/C12H12O4/c13-5-8-1-2-12-10(3-8)11(15)4-9(6-14)7-16-12/h1-4,13-14H,5-7H2. The van der Waals surface area contributed by atoms with Crippen molar-refractivity contribution < 1.29 is 19.7 Å². The zero-order chi connectivity index (χ0) is 11.5. The Morgan fingerprint density at radius 3 is 2.75 bits per heavy atom. The molecule has 84 valence electrons. The van der Waals surface area contributed by atoms with Crippen LogP contribution in [0.4, 0.5) is 0 Å². The second-order valence-electron chi connectivity index (χ2n) is 3.60. The molecule has 0 aliphatic carbocycles. The van der Waals surface area contributed by atoms with E-state index in [-0.39, 0.29) is 25.6 Å². The van der Waals surface area contributed by atoms with E-state index in [2.05, 4.69) is 0 Å². The summed E-state index contributed by atoms with van der Waals surface area (Å²) in [5.41, 5.74) is 1.64. The average Bonchev–Trinajstić information content (AvgIpc) is 2.48. The minimum absolute atomic E-state index is 0.114. The van der Waals surface area contributed by atoms with E-state index in [1.807, 2.05) is 0 Å². The van der Waals surface area contributed by atoms with Crippen LogP contribution in [0.25, 0.3) is 0 Å². The molecule has 0 atom stereocenters. The van der Waals surface area contributed by atoms with Crippen molar-refractivity contribution in [2.24, 2.45) is 0 Å². The van der Waals surface area contributed by atoms with E-state index in [4.69, 9.17) is 14.9 Å². The highest BCUT2D eigenvalue weighted by Crippen LogP contribution is 2.24. The van der Waals surface area contributed by atoms with Gasteiger partial charge in [-0.1, -0.05) is 6.07 Å². The summed E-state index contributed by atoms with van der Waals surface area (Å²) >= 11 is 0. The van der Waals surface area contributed by atoms with Crippen LogP contribution in [0, 0.1) is 0 Å². The van der Waals surface area contributed by atoms with Crippen LogP contribution in [0.1, 0.15) is 15.9 Å². The van der Waals surface area contributed by atoms with Crippen LogP contribution < -0.4 is 4.74 Å². The van der Waals surface area contributed by atoms with Crippen molar-refractivity contribution in [3.63, 3.8) is 0 Å². The summed E-state index contributed by atoms with van der Waals surface area (Å²) in [6.07, 6.45) is 1.38. The number of carbonyl (C=O) groups is 1. The monoisotopic (exact) mass is 220 g/mol. The van der Waals surface area contributed by atoms with Crippen molar-refractivity contribution in [3.8, 4) is 5.75 Å². The topological polar surface area (TPSA) is 66.8 Å². The van der Waals surface area contributed by atoms with Gasteiger partial charge in [-0.05, 0) is 29.3 Å². The maximum atomic E-state index is 11.8. The fourth-order valence-electron chi connectivity index (χ4n) is 1.56. The van der Waals surface area contributed by atoms with Crippen LogP contribution in [0.15, 0.2) is 29.8 Å². The molecule has 0 aromatic heterocycles. The van der Waals surface area contributed by atoms with Crippen LogP contribution in [0.3, 0.4) is 0 Å². The Morgan fingerprint density at radius 1 is 1.25 bits per heavy atom. The van der Waals surface area contributed by atoms with Gasteiger partial charge in [0.2, 0.25) is 0 Å². The van der Waals surface area contributed by atoms with Gasteiger partial charge in [0, 0.05) is 0 Å². The molecule has 0 bridgehead atoms. The number of allylic oxidation sites excluding steroid dienone is 1. The first-order valence-electron chi connectivity index (χ1n) is 4.96. The maximum Gasteiger partial charge on any atom is 0.189 e. The van der Waals surface area contributed by atoms with E-state index in [0.29, 0.717) is 22.4 Å². The lowest BCUT2D eigenvalue weighted by molar-refractivity contribution is 0.104. The predicted octanol–water partition coefficient (Wildman–Crippen LogP) is 0.673. The number of fused-ring (bicyclic) bond motifs is 1. The Labute approximate surface area is 92.8 Å². The molecule has 1 aliphatic rings. The fourth-order valence-corrected chi connectivity index (χ4v) is 1.56. The molecule has 0 saturated heterocycles. The largest absolute Gasteiger partial charge is 0.488 e. The molecule has 1 heterocycles. The molecule has 0 amide bonds. The Bertz CT molecular complexity index is 448. The van der Waals surface area contributed by atoms with Gasteiger partial charge in [0.1, 0.15) is 12.4 Å². The van der Waals surface area contributed by atoms with E-state index >= 15 is 0 Å². The summed E-state index contributed by atoms with van der Waals surface area (Å²) in [6, 6.07) is 4.97. The molecule has 4 nitrogen and oxygen atoms in total. The van der Waals surface area contributed by atoms with Crippen molar-refractivity contribution in [1.82, 2.24) is 0 Å². The Kier molecular flexibility index (Phi) is 3.03. The molecule has 2 N–H and O–H groups in total. The summed E-state index contributed by atoms with van der Waals surface area (Å²) in [5, 5.41) is 18.0. The van der Waals surface area contributed by atoms with Gasteiger partial charge in [0.25, 0.3) is 0 Å². The molecule has 0 saturated carbocycles. The predicted molar refractivity (Wildman–Crippen MR) is 57.4 cm³/mol. The van der Waals surface area contributed by atoms with Crippen LogP contribution in [0.5, 0.6) is 5.75 Å². The number of ether oxygens (including phenoxy) is 1. The van der Waals surface area contributed by atoms with Gasteiger partial charge < -0.3 is 14.9 Å². The number of carbonyl (C=O) groups excluding carboxylic acids is 1. The van der Waals surface area contributed by atoms with Gasteiger partial charge in [-0.15, -0.1) is 0 Å². The minimum atomic E-state index is -0.202. The smallest absolute Gasteiger partial charge is 0.189 e. The number of aliphatic hydroxyl groups excluding tert-OH is 2. The zero-order valence-corrected chi connectivity index (χ0v) is 8.64. The molecule has 1 aliphatic heterocycles. The first kappa shape index (κ1) is 10.9. The molecule has 1 aromatic carbocycles. The second kappa shape index (κ2) is 4.47. The van der Waals surface area contributed by atoms with Crippen LogP contribution in [-0.4, -0.2) is 29.2 Å². The summed E-state index contributed by atoms with van der Waals surface area (Å²) in [5.74, 6) is 0.286. The first-order chi connectivity index (χ1) is 7.74. The molecule has 0 fully saturated rings. The van der Waals surface area contributed by atoms with Gasteiger partial charge >= 0.3 is 0 Å². The lowest BCUT2D eigenvalue weighted by Crippen LogP contribution is -2.03. The quantitative estimate of drug-likeness (QED) is 0.768. The number of aliphatic hydroxyl groups is 2. The molecule has 16 heavy (non-hydrogen) atoms. The number of rotatable bonds is 2. The summed E-state index contributed by atoms with van der Waals surface area (Å²) < 4.78 is 5.39. The molecule has 1 aromatic rings. The van der Waals surface area contributed by atoms with Crippen molar-refractivity contribution in [2.75, 3.05) is 13.2 Å². The third kappa shape index (κ3) is 1.98. The molecule has 4 heteroatoms. The van der Waals surface area contributed by atoms with E-state index in [1.165, 1.54) is 6.08 Å². The average molecular weight is 220 g/mol. The highest BCUT2D eigenvalue weighted by molar-refractivity contribution is 6.07. The number of ketones is 1. The molecule has 0 spiro atoms. The van der Waals surface area contributed by atoms with Crippen LogP contribution in [0.2, 0.25) is 0 Å². The Balaban J connectivity index is 2.43. The molecule has 0 unspecified atom stereocenters. The lowest BCUT2D eigenvalue weighted by atomic mass is 10.1. The second-order valence-corrected chi connectivity index (χ2v) is 3.60. The van der Waals surface area contributed by atoms with E-state index < -0.39 is 0 Å². The first-order valence-corrected chi connectivity index (χ1v) is 4.96. The maximum absolute atomic E-state index is 11.8. The van der Waals surface area contributed by atoms with E-state index in [0.717, 1.165) is 0 Å². The normalized spacial score (nSPS) is 14.9. The van der Waals surface area contributed by atoms with Crippen molar-refractivity contribution in [2.45, 2.75) is 6.61 Å². The van der Waals surface area contributed by atoms with Gasteiger partial charge in [-0.3, -0.25) is 4.79 Å². The molecular weight excluding hydrogens is 208 g/mol. The van der Waals surface area contributed by atoms with Crippen LogP contribution in [-0.2, 0) is 6.61 Å². The Hall–Kier alpha value is -1.65. The fraction of sp³-hybridized carbons (Fsp3) is 0.250. The highest BCUT2D eigenvalue weighted by atomic mass is 16.5. The molecule has 0 radical (unpaired) electrons. The van der Waals surface area contributed by atoms with Crippen molar-refractivity contribution in [3.05, 3.63) is 41.0 Å². The number of hydrogen-bond donors (Lipinski definition) is 2. The van der Waals surface area contributed by atoms with E-state index in [1.54, 1.807) is 18.2 Å². The van der Waals surface area contributed by atoms with Crippen molar-refractivity contribution >= 4 is 5.78 Å². The highest BCUT2D eigenvalue weighted by Gasteiger charge is 2.16. The molecular formula is C12H12O4. The number of benzene rings is 1. The molecule has 2 rings (SSSR count). The van der Waals surface area contributed by atoms with Gasteiger partial charge in [0.15, 0.2) is 5.78 Å². The van der Waals surface area contributed by atoms with Crippen molar-refractivity contribution in [1.29, 1.82) is 0 Å². The third-order valence-corrected chi connectivity index (χ3v) is 2.44. The Morgan fingerprint density at radius 2 is 2.06 bits per heavy atom. The summed E-state index contributed by atoms with van der Waals surface area (Å²) in [7, 11) is 0. The van der Waals surface area contributed by atoms with Gasteiger partial charge in [-0.25, -0.2) is 0 Å².